The molecule has 0 fully saturated rings. The van der Waals surface area contributed by atoms with Crippen molar-refractivity contribution in [1.82, 2.24) is 0 Å². The molecule has 0 rings (SSSR count). The first kappa shape index (κ1) is 23.1. The van der Waals surface area contributed by atoms with Crippen molar-refractivity contribution in [3.8, 4) is 0 Å². The van der Waals surface area contributed by atoms with Gasteiger partial charge in [0, 0.05) is 39.6 Å². The summed E-state index contributed by atoms with van der Waals surface area (Å²) in [5.74, 6) is 0. The predicted molar refractivity (Wildman–Crippen MR) is 103 cm³/mol. The second kappa shape index (κ2) is 13.4. The summed E-state index contributed by atoms with van der Waals surface area (Å²) >= 11 is 0. The maximum absolute atomic E-state index is 6.00. The van der Waals surface area contributed by atoms with E-state index in [1.54, 1.807) is 48.3 Å². The Kier molecular flexibility index (Phi) is 13.5. The number of hydrogen-bond donors (Lipinski definition) is 0. The standard InChI is InChI=1S/C10H28B6O7/c11-18-3-9(4-19-12,5-20-13)1-17-2-10(6-21-14,7-22-15)8-23-16/h1-8,11-16H2. The molecule has 7 nitrogen and oxygen atoms in total. The molecule has 0 aromatic heterocycles. The monoisotopic (exact) mass is 326 g/mol. The first-order valence-electron chi connectivity index (χ1n) is 7.59. The largest absolute Gasteiger partial charge is 0.443 e. The highest BCUT2D eigenvalue weighted by Crippen LogP contribution is 2.24. The normalized spacial score (nSPS) is 12.5. The lowest BCUT2D eigenvalue weighted by Gasteiger charge is -2.36. The smallest absolute Gasteiger partial charge is 0.257 e. The minimum absolute atomic E-state index is 0.350. The first-order chi connectivity index (χ1) is 11.1. The van der Waals surface area contributed by atoms with E-state index in [-0.39, 0.29) is 10.8 Å². The zero-order valence-electron chi connectivity index (χ0n) is 15.5. The third-order valence-corrected chi connectivity index (χ3v) is 3.52. The minimum atomic E-state index is -0.350. The summed E-state index contributed by atoms with van der Waals surface area (Å²) in [6.07, 6.45) is 0. The summed E-state index contributed by atoms with van der Waals surface area (Å²) in [7, 11) is 9.95. The Morgan fingerprint density at radius 1 is 0.391 bits per heavy atom. The van der Waals surface area contributed by atoms with Crippen LogP contribution in [0.5, 0.6) is 0 Å². The summed E-state index contributed by atoms with van der Waals surface area (Å²) in [5, 5.41) is 0. The Labute approximate surface area is 145 Å². The lowest BCUT2D eigenvalue weighted by Crippen LogP contribution is -2.45. The van der Waals surface area contributed by atoms with Gasteiger partial charge in [-0.25, -0.2) is 0 Å². The molecule has 0 aliphatic rings. The molecule has 23 heavy (non-hydrogen) atoms. The SMILES string of the molecule is BOCC(COB)(COB)COCC(COB)(COB)COB. The van der Waals surface area contributed by atoms with Crippen LogP contribution in [0.1, 0.15) is 0 Å². The van der Waals surface area contributed by atoms with Crippen molar-refractivity contribution in [2.45, 2.75) is 0 Å². The average Bonchev–Trinajstić information content (AvgIpc) is 2.49. The van der Waals surface area contributed by atoms with E-state index < -0.39 is 0 Å². The van der Waals surface area contributed by atoms with Gasteiger partial charge < -0.3 is 32.7 Å². The second-order valence-electron chi connectivity index (χ2n) is 6.09. The Bertz CT molecular complexity index is 228. The van der Waals surface area contributed by atoms with E-state index in [0.29, 0.717) is 52.9 Å². The molecule has 0 bridgehead atoms. The van der Waals surface area contributed by atoms with Crippen LogP contribution in [0.15, 0.2) is 0 Å². The van der Waals surface area contributed by atoms with Crippen LogP contribution in [-0.2, 0) is 32.7 Å². The van der Waals surface area contributed by atoms with Crippen molar-refractivity contribution < 1.29 is 32.7 Å². The fourth-order valence-corrected chi connectivity index (χ4v) is 2.82. The molecule has 0 aromatic rings. The summed E-state index contributed by atoms with van der Waals surface area (Å²) in [4.78, 5) is 0. The van der Waals surface area contributed by atoms with Crippen molar-refractivity contribution >= 4 is 48.3 Å². The van der Waals surface area contributed by atoms with Gasteiger partial charge in [-0.05, 0) is 0 Å². The van der Waals surface area contributed by atoms with Crippen molar-refractivity contribution in [3.63, 3.8) is 0 Å². The van der Waals surface area contributed by atoms with Gasteiger partial charge in [-0.2, -0.15) is 0 Å². The van der Waals surface area contributed by atoms with Crippen LogP contribution >= 0.6 is 0 Å². The van der Waals surface area contributed by atoms with E-state index >= 15 is 0 Å². The summed E-state index contributed by atoms with van der Waals surface area (Å²) in [6, 6.07) is 0. The van der Waals surface area contributed by atoms with Gasteiger partial charge in [-0.3, -0.25) is 0 Å². The molecule has 0 amide bonds. The Morgan fingerprint density at radius 2 is 0.609 bits per heavy atom. The lowest BCUT2D eigenvalue weighted by molar-refractivity contribution is -0.0841. The molecule has 0 saturated carbocycles. The minimum Gasteiger partial charge on any atom is -0.443 e. The van der Waals surface area contributed by atoms with Gasteiger partial charge in [0.1, 0.15) is 0 Å². The van der Waals surface area contributed by atoms with E-state index in [1.165, 1.54) is 0 Å². The topological polar surface area (TPSA) is 64.6 Å². The molecule has 0 saturated heterocycles. The highest BCUT2D eigenvalue weighted by Gasteiger charge is 2.34. The van der Waals surface area contributed by atoms with E-state index in [4.69, 9.17) is 32.7 Å². The maximum atomic E-state index is 6.00. The van der Waals surface area contributed by atoms with Gasteiger partial charge >= 0.3 is 0 Å². The van der Waals surface area contributed by atoms with Gasteiger partial charge in [-0.15, -0.1) is 0 Å². The van der Waals surface area contributed by atoms with Gasteiger partial charge in [0.15, 0.2) is 0 Å². The molecule has 0 N–H and O–H groups in total. The molecule has 0 heterocycles. The van der Waals surface area contributed by atoms with Crippen LogP contribution in [0.2, 0.25) is 0 Å². The average molecular weight is 325 g/mol. The third kappa shape index (κ3) is 8.67. The second-order valence-corrected chi connectivity index (χ2v) is 6.09. The summed E-state index contributed by atoms with van der Waals surface area (Å²) in [5.41, 5.74) is -0.700. The molecule has 0 atom stereocenters. The fraction of sp³-hybridized carbons (Fsp3) is 1.00. The van der Waals surface area contributed by atoms with Gasteiger partial charge in [-0.1, -0.05) is 0 Å². The third-order valence-electron chi connectivity index (χ3n) is 3.52. The highest BCUT2D eigenvalue weighted by molar-refractivity contribution is 5.99. The van der Waals surface area contributed by atoms with Crippen LogP contribution in [0, 0.1) is 10.8 Å². The fourth-order valence-electron chi connectivity index (χ4n) is 2.82. The molecule has 128 valence electrons. The highest BCUT2D eigenvalue weighted by atomic mass is 16.5. The van der Waals surface area contributed by atoms with Gasteiger partial charge in [0.2, 0.25) is 0 Å². The van der Waals surface area contributed by atoms with Gasteiger partial charge in [0.05, 0.1) is 24.0 Å². The van der Waals surface area contributed by atoms with E-state index in [1.807, 2.05) is 0 Å². The molecule has 0 aromatic carbocycles. The van der Waals surface area contributed by atoms with Gasteiger partial charge in [0.25, 0.3) is 48.3 Å². The lowest BCUT2D eigenvalue weighted by atomic mass is 9.89. The number of rotatable bonds is 16. The Balaban J connectivity index is 4.82. The number of ether oxygens (including phenoxy) is 1. The van der Waals surface area contributed by atoms with Crippen molar-refractivity contribution in [3.05, 3.63) is 0 Å². The Morgan fingerprint density at radius 3 is 0.783 bits per heavy atom. The molecule has 0 unspecified atom stereocenters. The maximum Gasteiger partial charge on any atom is 0.257 e. The van der Waals surface area contributed by atoms with E-state index in [2.05, 4.69) is 0 Å². The Hall–Kier alpha value is 0.110. The van der Waals surface area contributed by atoms with Crippen LogP contribution in [0.25, 0.3) is 0 Å². The van der Waals surface area contributed by atoms with Crippen LogP contribution in [-0.4, -0.2) is 101 Å². The van der Waals surface area contributed by atoms with E-state index in [0.717, 1.165) is 0 Å². The van der Waals surface area contributed by atoms with Crippen LogP contribution in [0.4, 0.5) is 0 Å². The van der Waals surface area contributed by atoms with E-state index in [9.17, 15) is 0 Å². The number of hydrogen-bond acceptors (Lipinski definition) is 7. The van der Waals surface area contributed by atoms with Crippen molar-refractivity contribution in [2.24, 2.45) is 10.8 Å². The predicted octanol–water partition coefficient (Wildman–Crippen LogP) is -5.64. The molecular weight excluding hydrogens is 297 g/mol. The summed E-state index contributed by atoms with van der Waals surface area (Å²) in [6.45, 7) is 3.81. The van der Waals surface area contributed by atoms with Crippen LogP contribution < -0.4 is 0 Å². The molecule has 13 heteroatoms. The quantitative estimate of drug-likeness (QED) is 0.262. The molecule has 0 radical (unpaired) electrons. The zero-order chi connectivity index (χ0) is 17.6. The van der Waals surface area contributed by atoms with Crippen molar-refractivity contribution in [1.29, 1.82) is 0 Å². The molecule has 0 aliphatic carbocycles. The molecule has 0 spiro atoms. The summed E-state index contributed by atoms with van der Waals surface area (Å²) < 4.78 is 37.9. The first-order valence-corrected chi connectivity index (χ1v) is 7.59. The zero-order valence-corrected chi connectivity index (χ0v) is 15.5. The van der Waals surface area contributed by atoms with Crippen molar-refractivity contribution in [2.75, 3.05) is 52.9 Å². The van der Waals surface area contributed by atoms with Crippen LogP contribution in [0.3, 0.4) is 0 Å². The molecular formula is C10H28B6O7. The molecule has 0 aliphatic heterocycles.